The fourth-order valence-electron chi connectivity index (χ4n) is 3.96. The first-order valence-corrected chi connectivity index (χ1v) is 8.87. The number of fused-ring (bicyclic) bond motifs is 1. The minimum Gasteiger partial charge on any atom is -0.361 e. The average molecular weight is 325 g/mol. The lowest BCUT2D eigenvalue weighted by molar-refractivity contribution is -0.142. The number of piperidine rings is 1. The van der Waals surface area contributed by atoms with Gasteiger partial charge in [0.05, 0.1) is 0 Å². The molecule has 2 aliphatic rings. The van der Waals surface area contributed by atoms with Gasteiger partial charge in [0.1, 0.15) is 6.04 Å². The summed E-state index contributed by atoms with van der Waals surface area (Å²) < 4.78 is 0. The highest BCUT2D eigenvalue weighted by atomic mass is 16.2. The van der Waals surface area contributed by atoms with E-state index in [1.807, 2.05) is 29.3 Å². The van der Waals surface area contributed by atoms with Gasteiger partial charge in [-0.15, -0.1) is 0 Å². The van der Waals surface area contributed by atoms with Crippen molar-refractivity contribution in [3.05, 3.63) is 36.0 Å². The predicted octanol–water partition coefficient (Wildman–Crippen LogP) is 2.67. The normalized spacial score (nSPS) is 21.7. The van der Waals surface area contributed by atoms with Gasteiger partial charge in [-0.05, 0) is 37.3 Å². The Hall–Kier alpha value is -2.30. The molecule has 24 heavy (non-hydrogen) atoms. The minimum atomic E-state index is -0.288. The fraction of sp³-hybridized carbons (Fsp3) is 0.474. The number of aromatic amines is 1. The molecule has 0 saturated carbocycles. The molecule has 1 aromatic carbocycles. The molecule has 1 N–H and O–H groups in total. The molecule has 1 aromatic heterocycles. The van der Waals surface area contributed by atoms with Crippen LogP contribution in [0, 0.1) is 0 Å². The summed E-state index contributed by atoms with van der Waals surface area (Å²) in [4.78, 5) is 32.2. The van der Waals surface area contributed by atoms with E-state index < -0.39 is 0 Å². The van der Waals surface area contributed by atoms with Gasteiger partial charge >= 0.3 is 0 Å². The van der Waals surface area contributed by atoms with Crippen LogP contribution in [0.3, 0.4) is 0 Å². The summed E-state index contributed by atoms with van der Waals surface area (Å²) in [6, 6.07) is 7.79. The zero-order valence-electron chi connectivity index (χ0n) is 13.8. The molecule has 2 aromatic rings. The zero-order chi connectivity index (χ0) is 16.5. The van der Waals surface area contributed by atoms with Gasteiger partial charge in [-0.1, -0.05) is 18.2 Å². The molecule has 5 nitrogen and oxygen atoms in total. The first-order chi connectivity index (χ1) is 11.7. The Morgan fingerprint density at radius 2 is 1.96 bits per heavy atom. The maximum absolute atomic E-state index is 12.9. The van der Waals surface area contributed by atoms with Crippen molar-refractivity contribution in [1.29, 1.82) is 0 Å². The number of nitrogens with one attached hydrogen (secondary N) is 1. The van der Waals surface area contributed by atoms with Gasteiger partial charge in [-0.2, -0.15) is 0 Å². The standard InChI is InChI=1S/C19H23N3O2/c23-18-9-8-17(19(24)21-10-4-1-5-11-21)22(18)13-14-12-20-16-7-3-2-6-15(14)16/h2-3,6-7,12,17,20H,1,4-5,8-11,13H2/t17-/m1/s1. The summed E-state index contributed by atoms with van der Waals surface area (Å²) in [6.45, 7) is 2.18. The first-order valence-electron chi connectivity index (χ1n) is 8.87. The monoisotopic (exact) mass is 325 g/mol. The van der Waals surface area contributed by atoms with E-state index in [9.17, 15) is 9.59 Å². The quantitative estimate of drug-likeness (QED) is 0.943. The molecule has 4 rings (SSSR count). The molecular weight excluding hydrogens is 302 g/mol. The maximum atomic E-state index is 12.9. The third-order valence-corrected chi connectivity index (χ3v) is 5.30. The van der Waals surface area contributed by atoms with Crippen LogP contribution in [-0.2, 0) is 16.1 Å². The Morgan fingerprint density at radius 3 is 2.79 bits per heavy atom. The van der Waals surface area contributed by atoms with E-state index in [-0.39, 0.29) is 17.9 Å². The van der Waals surface area contributed by atoms with Crippen LogP contribution in [0.5, 0.6) is 0 Å². The van der Waals surface area contributed by atoms with E-state index in [4.69, 9.17) is 0 Å². The van der Waals surface area contributed by atoms with Crippen LogP contribution in [0.1, 0.15) is 37.7 Å². The summed E-state index contributed by atoms with van der Waals surface area (Å²) in [5.74, 6) is 0.232. The number of hydrogen-bond donors (Lipinski definition) is 1. The molecule has 3 heterocycles. The molecule has 5 heteroatoms. The Labute approximate surface area is 141 Å². The number of amides is 2. The van der Waals surface area contributed by atoms with Gasteiger partial charge in [0, 0.05) is 43.2 Å². The molecule has 126 valence electrons. The topological polar surface area (TPSA) is 56.4 Å². The number of carbonyl (C=O) groups excluding carboxylic acids is 2. The van der Waals surface area contributed by atoms with Gasteiger partial charge in [-0.3, -0.25) is 9.59 Å². The minimum absolute atomic E-state index is 0.0932. The lowest BCUT2D eigenvalue weighted by Crippen LogP contribution is -2.48. The highest BCUT2D eigenvalue weighted by Crippen LogP contribution is 2.27. The lowest BCUT2D eigenvalue weighted by Gasteiger charge is -2.32. The number of nitrogens with zero attached hydrogens (tertiary/aromatic N) is 2. The van der Waals surface area contributed by atoms with Gasteiger partial charge < -0.3 is 14.8 Å². The van der Waals surface area contributed by atoms with E-state index in [1.165, 1.54) is 6.42 Å². The van der Waals surface area contributed by atoms with Gasteiger partial charge in [0.2, 0.25) is 11.8 Å². The van der Waals surface area contributed by atoms with Crippen LogP contribution >= 0.6 is 0 Å². The number of benzene rings is 1. The SMILES string of the molecule is O=C([C@H]1CCC(=O)N1Cc1c[nH]c2ccccc12)N1CCCCC1. The second kappa shape index (κ2) is 6.30. The number of aromatic nitrogens is 1. The van der Waals surface area contributed by atoms with Gasteiger partial charge in [-0.25, -0.2) is 0 Å². The van der Waals surface area contributed by atoms with Crippen molar-refractivity contribution in [3.63, 3.8) is 0 Å². The smallest absolute Gasteiger partial charge is 0.245 e. The molecule has 0 spiro atoms. The van der Waals surface area contributed by atoms with Crippen molar-refractivity contribution in [2.75, 3.05) is 13.1 Å². The predicted molar refractivity (Wildman–Crippen MR) is 92.3 cm³/mol. The van der Waals surface area contributed by atoms with Crippen LogP contribution < -0.4 is 0 Å². The Bertz CT molecular complexity index is 761. The van der Waals surface area contributed by atoms with E-state index in [1.54, 1.807) is 4.90 Å². The second-order valence-corrected chi connectivity index (χ2v) is 6.82. The molecular formula is C19H23N3O2. The third-order valence-electron chi connectivity index (χ3n) is 5.30. The van der Waals surface area contributed by atoms with Crippen LogP contribution in [0.15, 0.2) is 30.5 Å². The molecule has 0 unspecified atom stereocenters. The highest BCUT2D eigenvalue weighted by Gasteiger charge is 2.38. The highest BCUT2D eigenvalue weighted by molar-refractivity contribution is 5.91. The van der Waals surface area contributed by atoms with Crippen LogP contribution in [-0.4, -0.2) is 45.7 Å². The van der Waals surface area contributed by atoms with E-state index in [0.29, 0.717) is 19.4 Å². The van der Waals surface area contributed by atoms with E-state index in [0.717, 1.165) is 42.4 Å². The lowest BCUT2D eigenvalue weighted by atomic mass is 10.1. The van der Waals surface area contributed by atoms with Crippen LogP contribution in [0.2, 0.25) is 0 Å². The van der Waals surface area contributed by atoms with Crippen molar-refractivity contribution in [1.82, 2.24) is 14.8 Å². The maximum Gasteiger partial charge on any atom is 0.245 e. The molecule has 2 fully saturated rings. The van der Waals surface area contributed by atoms with Gasteiger partial charge in [0.15, 0.2) is 0 Å². The number of H-pyrrole nitrogens is 1. The molecule has 2 saturated heterocycles. The van der Waals surface area contributed by atoms with Crippen LogP contribution in [0.4, 0.5) is 0 Å². The number of likely N-dealkylation sites (tertiary alicyclic amines) is 2. The molecule has 2 aliphatic heterocycles. The summed E-state index contributed by atoms with van der Waals surface area (Å²) >= 11 is 0. The Kier molecular flexibility index (Phi) is 4.00. The molecule has 0 radical (unpaired) electrons. The summed E-state index contributed by atoms with van der Waals surface area (Å²) in [5.41, 5.74) is 2.15. The van der Waals surface area contributed by atoms with Gasteiger partial charge in [0.25, 0.3) is 0 Å². The molecule has 0 bridgehead atoms. The number of para-hydroxylation sites is 1. The van der Waals surface area contributed by atoms with E-state index >= 15 is 0 Å². The van der Waals surface area contributed by atoms with Crippen molar-refractivity contribution >= 4 is 22.7 Å². The fourth-order valence-corrected chi connectivity index (χ4v) is 3.96. The Balaban J connectivity index is 1.55. The summed E-state index contributed by atoms with van der Waals surface area (Å²) in [5, 5.41) is 1.13. The molecule has 2 amide bonds. The molecule has 1 atom stereocenters. The average Bonchev–Trinajstić information content (AvgIpc) is 3.20. The first kappa shape index (κ1) is 15.2. The zero-order valence-corrected chi connectivity index (χ0v) is 13.8. The summed E-state index contributed by atoms with van der Waals surface area (Å²) in [7, 11) is 0. The Morgan fingerprint density at radius 1 is 1.17 bits per heavy atom. The van der Waals surface area contributed by atoms with Crippen molar-refractivity contribution in [3.8, 4) is 0 Å². The number of rotatable bonds is 3. The van der Waals surface area contributed by atoms with Crippen molar-refractivity contribution < 1.29 is 9.59 Å². The van der Waals surface area contributed by atoms with Crippen LogP contribution in [0.25, 0.3) is 10.9 Å². The largest absolute Gasteiger partial charge is 0.361 e. The van der Waals surface area contributed by atoms with Crippen molar-refractivity contribution in [2.45, 2.75) is 44.7 Å². The summed E-state index contributed by atoms with van der Waals surface area (Å²) in [6.07, 6.45) is 6.44. The molecule has 0 aliphatic carbocycles. The second-order valence-electron chi connectivity index (χ2n) is 6.82. The third kappa shape index (κ3) is 2.68. The van der Waals surface area contributed by atoms with E-state index in [2.05, 4.69) is 11.1 Å². The number of carbonyl (C=O) groups is 2. The number of hydrogen-bond acceptors (Lipinski definition) is 2. The van der Waals surface area contributed by atoms with Crippen molar-refractivity contribution in [2.24, 2.45) is 0 Å².